The van der Waals surface area contributed by atoms with E-state index in [1.165, 1.54) is 44.2 Å². The summed E-state index contributed by atoms with van der Waals surface area (Å²) in [6, 6.07) is 2.91. The molecule has 25 heavy (non-hydrogen) atoms. The normalized spacial score (nSPS) is 25.9. The third-order valence-corrected chi connectivity index (χ3v) is 6.09. The number of rotatable bonds is 5. The van der Waals surface area contributed by atoms with Crippen molar-refractivity contribution in [3.63, 3.8) is 0 Å². The van der Waals surface area contributed by atoms with Crippen LogP contribution in [0.15, 0.2) is 12.1 Å². The van der Waals surface area contributed by atoms with Crippen LogP contribution in [0, 0.1) is 11.7 Å². The van der Waals surface area contributed by atoms with E-state index in [-0.39, 0.29) is 16.1 Å². The Morgan fingerprint density at radius 1 is 1.04 bits per heavy atom. The van der Waals surface area contributed by atoms with Crippen LogP contribution in [0.1, 0.15) is 44.9 Å². The molecule has 1 aliphatic carbocycles. The zero-order valence-electron chi connectivity index (χ0n) is 14.5. The summed E-state index contributed by atoms with van der Waals surface area (Å²) in [5.41, 5.74) is 5.98. The monoisotopic (exact) mass is 388 g/mol. The number of piperidine rings is 1. The Labute approximate surface area is 159 Å². The molecule has 140 valence electrons. The Morgan fingerprint density at radius 3 is 2.24 bits per heavy atom. The second-order valence-electron chi connectivity index (χ2n) is 7.43. The molecule has 0 radical (unpaired) electrons. The van der Waals surface area contributed by atoms with Gasteiger partial charge in [0.05, 0.1) is 10.0 Å². The highest BCUT2D eigenvalue weighted by molar-refractivity contribution is 6.37. The van der Waals surface area contributed by atoms with Crippen LogP contribution in [0.4, 0.5) is 4.39 Å². The Bertz CT molecular complexity index is 548. The van der Waals surface area contributed by atoms with Crippen LogP contribution in [-0.2, 0) is 0 Å². The van der Waals surface area contributed by atoms with Gasteiger partial charge in [0.25, 0.3) is 0 Å². The maximum absolute atomic E-state index is 13.3. The third-order valence-electron chi connectivity index (χ3n) is 5.53. The van der Waals surface area contributed by atoms with Gasteiger partial charge >= 0.3 is 0 Å². The zero-order chi connectivity index (χ0) is 17.8. The quantitative estimate of drug-likeness (QED) is 0.780. The highest BCUT2D eigenvalue weighted by Gasteiger charge is 2.24. The number of halogens is 3. The fraction of sp³-hybridized carbons (Fsp3) is 0.684. The Balaban J connectivity index is 1.42. The van der Waals surface area contributed by atoms with Crippen molar-refractivity contribution < 1.29 is 9.13 Å². The maximum Gasteiger partial charge on any atom is 0.157 e. The largest absolute Gasteiger partial charge is 0.487 e. The van der Waals surface area contributed by atoms with Crippen molar-refractivity contribution in [1.82, 2.24) is 4.90 Å². The van der Waals surface area contributed by atoms with Gasteiger partial charge in [0.2, 0.25) is 0 Å². The summed E-state index contributed by atoms with van der Waals surface area (Å²) >= 11 is 12.1. The smallest absolute Gasteiger partial charge is 0.157 e. The molecular formula is C19H27Cl2FN2O. The minimum absolute atomic E-state index is 0.0874. The first-order valence-electron chi connectivity index (χ1n) is 9.30. The lowest BCUT2D eigenvalue weighted by Crippen LogP contribution is -2.39. The number of hydrogen-bond acceptors (Lipinski definition) is 3. The summed E-state index contributed by atoms with van der Waals surface area (Å²) in [6.45, 7) is 3.20. The molecule has 2 aliphatic rings. The van der Waals surface area contributed by atoms with Crippen LogP contribution >= 0.6 is 23.2 Å². The maximum atomic E-state index is 13.3. The first-order valence-corrected chi connectivity index (χ1v) is 10.1. The van der Waals surface area contributed by atoms with Gasteiger partial charge in [0, 0.05) is 19.1 Å². The van der Waals surface area contributed by atoms with Crippen LogP contribution in [-0.4, -0.2) is 36.7 Å². The molecule has 0 spiro atoms. The number of hydrogen-bond donors (Lipinski definition) is 1. The summed E-state index contributed by atoms with van der Waals surface area (Å²) in [4.78, 5) is 2.52. The highest BCUT2D eigenvalue weighted by Crippen LogP contribution is 2.35. The van der Waals surface area contributed by atoms with Gasteiger partial charge in [-0.25, -0.2) is 4.39 Å². The molecule has 1 saturated heterocycles. The highest BCUT2D eigenvalue weighted by atomic mass is 35.5. The fourth-order valence-corrected chi connectivity index (χ4v) is 4.45. The van der Waals surface area contributed by atoms with E-state index in [1.54, 1.807) is 0 Å². The Hall–Kier alpha value is -0.550. The summed E-state index contributed by atoms with van der Waals surface area (Å²) in [7, 11) is 0. The zero-order valence-corrected chi connectivity index (χ0v) is 16.0. The Morgan fingerprint density at radius 2 is 1.64 bits per heavy atom. The predicted octanol–water partition coefficient (Wildman–Crippen LogP) is 4.88. The van der Waals surface area contributed by atoms with Crippen molar-refractivity contribution >= 4 is 23.2 Å². The number of ether oxygens (including phenoxy) is 1. The van der Waals surface area contributed by atoms with Gasteiger partial charge in [-0.15, -0.1) is 0 Å². The third kappa shape index (κ3) is 5.46. The van der Waals surface area contributed by atoms with Gasteiger partial charge in [-0.1, -0.05) is 23.2 Å². The van der Waals surface area contributed by atoms with E-state index in [9.17, 15) is 4.39 Å². The summed E-state index contributed by atoms with van der Waals surface area (Å²) in [5.74, 6) is 0.799. The first kappa shape index (κ1) is 19.2. The average Bonchev–Trinajstić information content (AvgIpc) is 2.59. The van der Waals surface area contributed by atoms with Gasteiger partial charge in [0.1, 0.15) is 11.9 Å². The van der Waals surface area contributed by atoms with Crippen LogP contribution < -0.4 is 10.5 Å². The van der Waals surface area contributed by atoms with Crippen molar-refractivity contribution in [1.29, 1.82) is 0 Å². The molecule has 6 heteroatoms. The predicted molar refractivity (Wildman–Crippen MR) is 101 cm³/mol. The molecule has 1 aliphatic heterocycles. The van der Waals surface area contributed by atoms with Crippen molar-refractivity contribution in [3.8, 4) is 5.75 Å². The first-order chi connectivity index (χ1) is 12.0. The Kier molecular flexibility index (Phi) is 6.84. The van der Waals surface area contributed by atoms with E-state index in [1.807, 2.05) is 0 Å². The van der Waals surface area contributed by atoms with Gasteiger partial charge in [-0.2, -0.15) is 0 Å². The molecule has 1 aromatic rings. The van der Waals surface area contributed by atoms with Crippen LogP contribution in [0.3, 0.4) is 0 Å². The lowest BCUT2D eigenvalue weighted by Gasteiger charge is -2.34. The number of nitrogens with zero attached hydrogens (tertiary/aromatic N) is 1. The molecule has 0 amide bonds. The molecule has 1 saturated carbocycles. The lowest BCUT2D eigenvalue weighted by molar-refractivity contribution is 0.0953. The molecule has 3 rings (SSSR count). The molecule has 2 fully saturated rings. The van der Waals surface area contributed by atoms with Gasteiger partial charge < -0.3 is 15.4 Å². The van der Waals surface area contributed by atoms with E-state index in [2.05, 4.69) is 4.90 Å². The van der Waals surface area contributed by atoms with Crippen molar-refractivity contribution in [2.24, 2.45) is 11.7 Å². The molecule has 1 heterocycles. The minimum atomic E-state index is -0.444. The number of likely N-dealkylation sites (tertiary alicyclic amines) is 1. The summed E-state index contributed by atoms with van der Waals surface area (Å²) < 4.78 is 19.2. The van der Waals surface area contributed by atoms with Gasteiger partial charge in [-0.3, -0.25) is 0 Å². The lowest BCUT2D eigenvalue weighted by atomic mass is 9.84. The number of nitrogens with two attached hydrogens (primary N) is 1. The van der Waals surface area contributed by atoms with E-state index < -0.39 is 5.82 Å². The average molecular weight is 389 g/mol. The van der Waals surface area contributed by atoms with Crippen LogP contribution in [0.5, 0.6) is 5.75 Å². The van der Waals surface area contributed by atoms with Crippen molar-refractivity contribution in [2.75, 3.05) is 19.6 Å². The van der Waals surface area contributed by atoms with E-state index >= 15 is 0 Å². The van der Waals surface area contributed by atoms with E-state index in [0.717, 1.165) is 38.4 Å². The second-order valence-corrected chi connectivity index (χ2v) is 8.24. The minimum Gasteiger partial charge on any atom is -0.487 e. The molecule has 0 atom stereocenters. The number of benzene rings is 1. The van der Waals surface area contributed by atoms with Crippen molar-refractivity contribution in [2.45, 2.75) is 57.1 Å². The summed E-state index contributed by atoms with van der Waals surface area (Å²) in [5, 5.41) is 0.478. The molecule has 0 bridgehead atoms. The van der Waals surface area contributed by atoms with Crippen LogP contribution in [0.25, 0.3) is 0 Å². The standard InChI is InChI=1S/C19H27Cl2FN2O/c20-17-11-14(22)12-18(21)19(17)25-16-6-9-24(10-7-16)8-5-13-1-3-15(23)4-2-13/h11-13,15-16H,1-10,23H2/t13-,15-. The van der Waals surface area contributed by atoms with Crippen LogP contribution in [0.2, 0.25) is 10.0 Å². The molecule has 1 aromatic carbocycles. The summed E-state index contributed by atoms with van der Waals surface area (Å²) in [6.07, 6.45) is 8.17. The van der Waals surface area contributed by atoms with E-state index in [4.69, 9.17) is 33.7 Å². The SMILES string of the molecule is N[C@H]1CC[C@H](CCN2CCC(Oc3c(Cl)cc(F)cc3Cl)CC2)CC1. The second kappa shape index (κ2) is 8.90. The van der Waals surface area contributed by atoms with Gasteiger partial charge in [-0.05, 0) is 69.5 Å². The molecule has 0 aromatic heterocycles. The molecular weight excluding hydrogens is 362 g/mol. The van der Waals surface area contributed by atoms with Crippen molar-refractivity contribution in [3.05, 3.63) is 28.0 Å². The fourth-order valence-electron chi connectivity index (χ4n) is 3.90. The molecule has 0 unspecified atom stereocenters. The topological polar surface area (TPSA) is 38.5 Å². The molecule has 2 N–H and O–H groups in total. The van der Waals surface area contributed by atoms with E-state index in [0.29, 0.717) is 11.8 Å². The molecule has 3 nitrogen and oxygen atoms in total. The van der Waals surface area contributed by atoms with Gasteiger partial charge in [0.15, 0.2) is 5.75 Å².